The minimum atomic E-state index is -3.74. The number of nitrogens with one attached hydrogen (secondary N) is 1. The van der Waals surface area contributed by atoms with Crippen LogP contribution in [-0.2, 0) is 10.0 Å². The molecule has 8 heteroatoms. The predicted octanol–water partition coefficient (Wildman–Crippen LogP) is 4.31. The summed E-state index contributed by atoms with van der Waals surface area (Å²) in [6.07, 6.45) is 4.77. The van der Waals surface area contributed by atoms with Crippen LogP contribution in [0, 0.1) is 0 Å². The summed E-state index contributed by atoms with van der Waals surface area (Å²) in [5, 5.41) is 4.50. The molecular weight excluding hydrogens is 404 g/mol. The third-order valence-electron chi connectivity index (χ3n) is 4.89. The standard InChI is InChI=1S/C19H25ClN2O3S2/c1-25-18-7-6-16(20)12-19(18)27(23,24)21-13-17(15-8-11-26-14-15)22-9-4-2-3-5-10-22/h6-8,11-12,14,17,21H,2-5,9-10,13H2,1H3. The molecule has 0 amide bonds. The lowest BCUT2D eigenvalue weighted by molar-refractivity contribution is 0.206. The number of rotatable bonds is 7. The molecule has 27 heavy (non-hydrogen) atoms. The van der Waals surface area contributed by atoms with Gasteiger partial charge in [0.1, 0.15) is 10.6 Å². The van der Waals surface area contributed by atoms with E-state index in [4.69, 9.17) is 16.3 Å². The summed E-state index contributed by atoms with van der Waals surface area (Å²) in [4.78, 5) is 2.46. The highest BCUT2D eigenvalue weighted by Gasteiger charge is 2.26. The van der Waals surface area contributed by atoms with Gasteiger partial charge in [-0.3, -0.25) is 4.90 Å². The van der Waals surface area contributed by atoms with Crippen molar-refractivity contribution in [2.75, 3.05) is 26.7 Å². The Morgan fingerprint density at radius 3 is 2.59 bits per heavy atom. The van der Waals surface area contributed by atoms with E-state index in [0.29, 0.717) is 11.6 Å². The molecule has 0 radical (unpaired) electrons. The summed E-state index contributed by atoms with van der Waals surface area (Å²) in [5.74, 6) is 0.286. The van der Waals surface area contributed by atoms with E-state index in [9.17, 15) is 8.42 Å². The second kappa shape index (κ2) is 9.39. The van der Waals surface area contributed by atoms with Crippen molar-refractivity contribution < 1.29 is 13.2 Å². The average molecular weight is 429 g/mol. The van der Waals surface area contributed by atoms with E-state index in [1.165, 1.54) is 26.0 Å². The molecule has 1 unspecified atom stereocenters. The summed E-state index contributed by atoms with van der Waals surface area (Å²) in [7, 11) is -2.29. The number of nitrogens with zero attached hydrogens (tertiary/aromatic N) is 1. The van der Waals surface area contributed by atoms with Crippen LogP contribution >= 0.6 is 22.9 Å². The Labute approximate surface area is 170 Å². The van der Waals surface area contributed by atoms with E-state index in [1.54, 1.807) is 23.5 Å². The maximum Gasteiger partial charge on any atom is 0.244 e. The lowest BCUT2D eigenvalue weighted by Crippen LogP contribution is -2.38. The molecule has 1 aliphatic rings. The summed E-state index contributed by atoms with van der Waals surface area (Å²) >= 11 is 7.64. The molecule has 1 saturated heterocycles. The normalized spacial score (nSPS) is 17.4. The van der Waals surface area contributed by atoms with Gasteiger partial charge < -0.3 is 4.74 Å². The monoisotopic (exact) mass is 428 g/mol. The smallest absolute Gasteiger partial charge is 0.244 e. The Morgan fingerprint density at radius 2 is 1.96 bits per heavy atom. The molecule has 2 aromatic rings. The maximum absolute atomic E-state index is 12.9. The van der Waals surface area contributed by atoms with Gasteiger partial charge in [0.15, 0.2) is 0 Å². The van der Waals surface area contributed by atoms with Gasteiger partial charge in [0, 0.05) is 17.6 Å². The van der Waals surface area contributed by atoms with Gasteiger partial charge in [-0.1, -0.05) is 24.4 Å². The number of ether oxygens (including phenoxy) is 1. The molecule has 1 aliphatic heterocycles. The minimum Gasteiger partial charge on any atom is -0.495 e. The molecule has 1 N–H and O–H groups in total. The number of hydrogen-bond acceptors (Lipinski definition) is 5. The Bertz CT molecular complexity index is 833. The Morgan fingerprint density at radius 1 is 1.22 bits per heavy atom. The fourth-order valence-corrected chi connectivity index (χ4v) is 5.63. The van der Waals surface area contributed by atoms with Crippen LogP contribution < -0.4 is 9.46 Å². The summed E-state index contributed by atoms with van der Waals surface area (Å²) in [5.41, 5.74) is 1.16. The highest BCUT2D eigenvalue weighted by Crippen LogP contribution is 2.29. The van der Waals surface area contributed by atoms with Crippen molar-refractivity contribution in [3.8, 4) is 5.75 Å². The maximum atomic E-state index is 12.9. The second-order valence-electron chi connectivity index (χ2n) is 6.67. The van der Waals surface area contributed by atoms with Gasteiger partial charge in [-0.25, -0.2) is 13.1 Å². The lowest BCUT2D eigenvalue weighted by atomic mass is 10.1. The van der Waals surface area contributed by atoms with Gasteiger partial charge in [-0.15, -0.1) is 0 Å². The van der Waals surface area contributed by atoms with E-state index in [-0.39, 0.29) is 16.7 Å². The van der Waals surface area contributed by atoms with Crippen LogP contribution in [0.5, 0.6) is 5.75 Å². The molecule has 1 aromatic carbocycles. The van der Waals surface area contributed by atoms with Crippen LogP contribution in [-0.4, -0.2) is 40.1 Å². The molecule has 3 rings (SSSR count). The molecular formula is C19H25ClN2O3S2. The number of sulfonamides is 1. The van der Waals surface area contributed by atoms with Crippen LogP contribution in [0.3, 0.4) is 0 Å². The molecule has 0 bridgehead atoms. The number of halogens is 1. The number of thiophene rings is 1. The first-order valence-electron chi connectivity index (χ1n) is 9.10. The van der Waals surface area contributed by atoms with Crippen molar-refractivity contribution in [2.24, 2.45) is 0 Å². The Balaban J connectivity index is 1.81. The zero-order valence-corrected chi connectivity index (χ0v) is 17.7. The summed E-state index contributed by atoms with van der Waals surface area (Å²) in [6.45, 7) is 2.29. The molecule has 1 atom stereocenters. The third kappa shape index (κ3) is 5.23. The molecule has 0 saturated carbocycles. The zero-order chi connectivity index (χ0) is 19.3. The van der Waals surface area contributed by atoms with Crippen LogP contribution in [0.15, 0.2) is 39.9 Å². The van der Waals surface area contributed by atoms with Crippen LogP contribution in [0.1, 0.15) is 37.3 Å². The van der Waals surface area contributed by atoms with E-state index < -0.39 is 10.0 Å². The van der Waals surface area contributed by atoms with Gasteiger partial charge >= 0.3 is 0 Å². The van der Waals surface area contributed by atoms with Crippen molar-refractivity contribution in [2.45, 2.75) is 36.6 Å². The summed E-state index contributed by atoms with van der Waals surface area (Å²) < 4.78 is 33.8. The van der Waals surface area contributed by atoms with Gasteiger partial charge in [-0.2, -0.15) is 11.3 Å². The number of methoxy groups -OCH3 is 1. The molecule has 148 valence electrons. The summed E-state index contributed by atoms with van der Waals surface area (Å²) in [6, 6.07) is 6.71. The van der Waals surface area contributed by atoms with Crippen LogP contribution in [0.2, 0.25) is 5.02 Å². The first-order chi connectivity index (χ1) is 13.0. The average Bonchev–Trinajstić information content (AvgIpc) is 3.05. The van der Waals surface area contributed by atoms with Gasteiger partial charge in [0.05, 0.1) is 7.11 Å². The number of hydrogen-bond donors (Lipinski definition) is 1. The first kappa shape index (κ1) is 20.6. The second-order valence-corrected chi connectivity index (χ2v) is 9.62. The fraction of sp³-hybridized carbons (Fsp3) is 0.474. The van der Waals surface area contributed by atoms with Crippen molar-refractivity contribution in [1.82, 2.24) is 9.62 Å². The Kier molecular flexibility index (Phi) is 7.16. The van der Waals surface area contributed by atoms with E-state index in [1.807, 2.05) is 5.38 Å². The predicted molar refractivity (Wildman–Crippen MR) is 110 cm³/mol. The van der Waals surface area contributed by atoms with Crippen molar-refractivity contribution >= 4 is 33.0 Å². The van der Waals surface area contributed by atoms with Crippen LogP contribution in [0.25, 0.3) is 0 Å². The topological polar surface area (TPSA) is 58.6 Å². The molecule has 5 nitrogen and oxygen atoms in total. The molecule has 1 aromatic heterocycles. The van der Waals surface area contributed by atoms with Gasteiger partial charge in [0.25, 0.3) is 0 Å². The Hall–Kier alpha value is -1.12. The SMILES string of the molecule is COc1ccc(Cl)cc1S(=O)(=O)NCC(c1ccsc1)N1CCCCCC1. The van der Waals surface area contributed by atoms with Gasteiger partial charge in [-0.05, 0) is 66.5 Å². The number of benzene rings is 1. The van der Waals surface area contributed by atoms with E-state index in [2.05, 4.69) is 21.1 Å². The lowest BCUT2D eigenvalue weighted by Gasteiger charge is -2.30. The molecule has 0 aliphatic carbocycles. The largest absolute Gasteiger partial charge is 0.495 e. The van der Waals surface area contributed by atoms with Crippen molar-refractivity contribution in [3.63, 3.8) is 0 Å². The zero-order valence-electron chi connectivity index (χ0n) is 15.4. The molecule has 0 spiro atoms. The van der Waals surface area contributed by atoms with Crippen molar-refractivity contribution in [3.05, 3.63) is 45.6 Å². The highest BCUT2D eigenvalue weighted by atomic mass is 35.5. The quantitative estimate of drug-likeness (QED) is 0.714. The molecule has 1 fully saturated rings. The first-order valence-corrected chi connectivity index (χ1v) is 11.9. The molecule has 2 heterocycles. The number of likely N-dealkylation sites (tertiary alicyclic amines) is 1. The fourth-order valence-electron chi connectivity index (χ4n) is 3.46. The third-order valence-corrected chi connectivity index (χ3v) is 7.27. The van der Waals surface area contributed by atoms with Crippen molar-refractivity contribution in [1.29, 1.82) is 0 Å². The van der Waals surface area contributed by atoms with E-state index in [0.717, 1.165) is 31.5 Å². The van der Waals surface area contributed by atoms with Crippen LogP contribution in [0.4, 0.5) is 0 Å². The van der Waals surface area contributed by atoms with E-state index >= 15 is 0 Å². The van der Waals surface area contributed by atoms with Gasteiger partial charge in [0.2, 0.25) is 10.0 Å². The highest BCUT2D eigenvalue weighted by molar-refractivity contribution is 7.89. The minimum absolute atomic E-state index is 0.0225.